The summed E-state index contributed by atoms with van der Waals surface area (Å²) in [5.74, 6) is 0. The lowest BCUT2D eigenvalue weighted by Gasteiger charge is -2.04. The van der Waals surface area contributed by atoms with E-state index in [1.54, 1.807) is 0 Å². The van der Waals surface area contributed by atoms with E-state index < -0.39 is 0 Å². The van der Waals surface area contributed by atoms with Crippen LogP contribution in [0.15, 0.2) is 12.3 Å². The van der Waals surface area contributed by atoms with Gasteiger partial charge in [-0.3, -0.25) is 5.73 Å². The molecular weight excluding hydrogens is 124 g/mol. The average molecular weight is 141 g/mol. The second kappa shape index (κ2) is 6.62. The molecule has 0 rings (SSSR count). The van der Waals surface area contributed by atoms with Gasteiger partial charge in [0.2, 0.25) is 0 Å². The fraction of sp³-hybridized carbons (Fsp3) is 0.750. The lowest BCUT2D eigenvalue weighted by atomic mass is 10.2. The van der Waals surface area contributed by atoms with Crippen LogP contribution < -0.4 is 11.1 Å². The molecular formula is C8H17N2. The predicted octanol–water partition coefficient (Wildman–Crippen LogP) is 1.56. The van der Waals surface area contributed by atoms with E-state index in [0.29, 0.717) is 6.54 Å². The Balaban J connectivity index is 2.96. The lowest BCUT2D eigenvalue weighted by Crippen LogP contribution is -2.16. The van der Waals surface area contributed by atoms with E-state index >= 15 is 0 Å². The maximum absolute atomic E-state index is 6.93. The summed E-state index contributed by atoms with van der Waals surface area (Å²) < 4.78 is 0. The van der Waals surface area contributed by atoms with Crippen molar-refractivity contribution in [2.75, 3.05) is 13.1 Å². The third kappa shape index (κ3) is 5.63. The molecule has 0 aliphatic heterocycles. The van der Waals surface area contributed by atoms with Gasteiger partial charge in [0.1, 0.15) is 0 Å². The van der Waals surface area contributed by atoms with Gasteiger partial charge >= 0.3 is 0 Å². The van der Waals surface area contributed by atoms with E-state index in [4.69, 9.17) is 5.73 Å². The summed E-state index contributed by atoms with van der Waals surface area (Å²) in [5, 5.41) is 3.09. The van der Waals surface area contributed by atoms with Crippen molar-refractivity contribution in [3.8, 4) is 0 Å². The van der Waals surface area contributed by atoms with Crippen LogP contribution in [0.1, 0.15) is 26.2 Å². The Morgan fingerprint density at radius 1 is 1.50 bits per heavy atom. The molecule has 2 nitrogen and oxygen atoms in total. The fourth-order valence-electron chi connectivity index (χ4n) is 0.703. The average Bonchev–Trinajstić information content (AvgIpc) is 1.98. The van der Waals surface area contributed by atoms with Crippen molar-refractivity contribution in [3.05, 3.63) is 12.3 Å². The molecule has 0 bridgehead atoms. The second-order valence-corrected chi connectivity index (χ2v) is 2.41. The minimum absolute atomic E-state index is 0.298. The number of hydrogen-bond acceptors (Lipinski definition) is 1. The Bertz CT molecular complexity index is 89.3. The molecule has 0 unspecified atom stereocenters. The highest BCUT2D eigenvalue weighted by molar-refractivity contribution is 4.91. The van der Waals surface area contributed by atoms with Crippen LogP contribution >= 0.6 is 0 Å². The monoisotopic (exact) mass is 141 g/mol. The van der Waals surface area contributed by atoms with Crippen LogP contribution in [0, 0.1) is 0 Å². The summed E-state index contributed by atoms with van der Waals surface area (Å²) in [5.41, 5.74) is 7.76. The molecule has 0 saturated heterocycles. The van der Waals surface area contributed by atoms with Crippen LogP contribution in [-0.2, 0) is 0 Å². The zero-order chi connectivity index (χ0) is 7.82. The molecule has 0 aromatic rings. The largest absolute Gasteiger partial charge is 0.388 e. The summed E-state index contributed by atoms with van der Waals surface area (Å²) in [6, 6.07) is 0. The first kappa shape index (κ1) is 9.50. The number of nitrogens with one attached hydrogen (secondary N) is 2. The Hall–Kier alpha value is -0.500. The van der Waals surface area contributed by atoms with Gasteiger partial charge in [-0.1, -0.05) is 26.3 Å². The van der Waals surface area contributed by atoms with E-state index in [-0.39, 0.29) is 0 Å². The molecule has 0 aromatic heterocycles. The minimum Gasteiger partial charge on any atom is -0.388 e. The Kier molecular flexibility index (Phi) is 6.29. The van der Waals surface area contributed by atoms with Crippen LogP contribution in [0.2, 0.25) is 0 Å². The molecule has 1 radical (unpaired) electrons. The van der Waals surface area contributed by atoms with Crippen LogP contribution in [-0.4, -0.2) is 13.1 Å². The van der Waals surface area contributed by atoms with Crippen LogP contribution in [0.3, 0.4) is 0 Å². The second-order valence-electron chi connectivity index (χ2n) is 2.41. The molecule has 2 heteroatoms. The topological polar surface area (TPSA) is 35.8 Å². The predicted molar refractivity (Wildman–Crippen MR) is 44.6 cm³/mol. The van der Waals surface area contributed by atoms with Gasteiger partial charge in [-0.05, 0) is 6.42 Å². The minimum atomic E-state index is 0.298. The van der Waals surface area contributed by atoms with E-state index in [2.05, 4.69) is 18.8 Å². The maximum atomic E-state index is 6.93. The van der Waals surface area contributed by atoms with Crippen LogP contribution in [0.4, 0.5) is 0 Å². The quantitative estimate of drug-likeness (QED) is 0.560. The molecule has 0 aliphatic rings. The summed E-state index contributed by atoms with van der Waals surface area (Å²) in [7, 11) is 0. The molecule has 2 N–H and O–H groups in total. The fourth-order valence-corrected chi connectivity index (χ4v) is 0.703. The van der Waals surface area contributed by atoms with E-state index in [0.717, 1.165) is 12.2 Å². The smallest absolute Gasteiger partial charge is 0.0493 e. The maximum Gasteiger partial charge on any atom is 0.0493 e. The number of rotatable bonds is 6. The zero-order valence-electron chi connectivity index (χ0n) is 6.74. The number of hydrogen-bond donors (Lipinski definition) is 1. The van der Waals surface area contributed by atoms with Gasteiger partial charge in [-0.15, -0.1) is 0 Å². The van der Waals surface area contributed by atoms with Crippen molar-refractivity contribution in [1.29, 1.82) is 0 Å². The highest BCUT2D eigenvalue weighted by Crippen LogP contribution is 1.92. The van der Waals surface area contributed by atoms with Gasteiger partial charge in [-0.25, -0.2) is 0 Å². The van der Waals surface area contributed by atoms with E-state index in [1.807, 2.05) is 0 Å². The molecule has 10 heavy (non-hydrogen) atoms. The van der Waals surface area contributed by atoms with Crippen molar-refractivity contribution < 1.29 is 0 Å². The Morgan fingerprint density at radius 2 is 2.20 bits per heavy atom. The van der Waals surface area contributed by atoms with Gasteiger partial charge in [0.25, 0.3) is 0 Å². The molecule has 0 atom stereocenters. The van der Waals surface area contributed by atoms with Crippen LogP contribution in [0.5, 0.6) is 0 Å². The Morgan fingerprint density at radius 3 is 2.70 bits per heavy atom. The van der Waals surface area contributed by atoms with Crippen molar-refractivity contribution in [1.82, 2.24) is 11.1 Å². The Labute approximate surface area is 63.5 Å². The van der Waals surface area contributed by atoms with Crippen molar-refractivity contribution in [2.24, 2.45) is 0 Å². The third-order valence-electron chi connectivity index (χ3n) is 1.37. The van der Waals surface area contributed by atoms with E-state index in [9.17, 15) is 0 Å². The first-order valence-electron chi connectivity index (χ1n) is 3.87. The molecule has 0 amide bonds. The number of unbranched alkanes of at least 4 members (excludes halogenated alkanes) is 2. The first-order chi connectivity index (χ1) is 4.81. The van der Waals surface area contributed by atoms with Gasteiger partial charge in [-0.2, -0.15) is 0 Å². The third-order valence-corrected chi connectivity index (χ3v) is 1.37. The van der Waals surface area contributed by atoms with Crippen molar-refractivity contribution >= 4 is 0 Å². The SMILES string of the molecule is C=C(C[NH])NCCCCC. The standard InChI is InChI=1S/C8H17N2/c1-3-4-5-6-10-8(2)7-9/h9-10H,2-7H2,1H3. The highest BCUT2D eigenvalue weighted by Gasteiger charge is 1.87. The first-order valence-corrected chi connectivity index (χ1v) is 3.87. The summed E-state index contributed by atoms with van der Waals surface area (Å²) in [6.07, 6.45) is 3.70. The highest BCUT2D eigenvalue weighted by atomic mass is 14.9. The molecule has 0 saturated carbocycles. The molecule has 59 valence electrons. The summed E-state index contributed by atoms with van der Waals surface area (Å²) in [6.45, 7) is 7.13. The van der Waals surface area contributed by atoms with Gasteiger partial charge in [0, 0.05) is 18.8 Å². The summed E-state index contributed by atoms with van der Waals surface area (Å²) >= 11 is 0. The van der Waals surface area contributed by atoms with Gasteiger partial charge in [0.15, 0.2) is 0 Å². The van der Waals surface area contributed by atoms with Crippen molar-refractivity contribution in [2.45, 2.75) is 26.2 Å². The van der Waals surface area contributed by atoms with Gasteiger partial charge in [0.05, 0.1) is 0 Å². The zero-order valence-corrected chi connectivity index (χ0v) is 6.74. The molecule has 0 aromatic carbocycles. The summed E-state index contributed by atoms with van der Waals surface area (Å²) in [4.78, 5) is 0. The van der Waals surface area contributed by atoms with E-state index in [1.165, 1.54) is 19.3 Å². The normalized spacial score (nSPS) is 9.40. The lowest BCUT2D eigenvalue weighted by molar-refractivity contribution is 0.661. The molecule has 0 spiro atoms. The molecule has 0 fully saturated rings. The van der Waals surface area contributed by atoms with Crippen molar-refractivity contribution in [3.63, 3.8) is 0 Å². The molecule has 0 aliphatic carbocycles. The van der Waals surface area contributed by atoms with Crippen LogP contribution in [0.25, 0.3) is 0 Å². The molecule has 0 heterocycles. The van der Waals surface area contributed by atoms with Gasteiger partial charge < -0.3 is 5.32 Å².